The Morgan fingerprint density at radius 3 is 2.88 bits per heavy atom. The Morgan fingerprint density at radius 1 is 1.47 bits per heavy atom. The Hall–Kier alpha value is -0.800. The lowest BCUT2D eigenvalue weighted by atomic mass is 10.1. The maximum absolute atomic E-state index is 5.76. The number of hydrogen-bond donors (Lipinski definition) is 1. The third kappa shape index (κ3) is 4.52. The molecule has 0 spiro atoms. The van der Waals surface area contributed by atoms with Crippen LogP contribution >= 0.6 is 0 Å². The van der Waals surface area contributed by atoms with Crippen LogP contribution in [-0.2, 0) is 6.54 Å². The Morgan fingerprint density at radius 2 is 2.29 bits per heavy atom. The van der Waals surface area contributed by atoms with Crippen molar-refractivity contribution >= 4 is 0 Å². The lowest BCUT2D eigenvalue weighted by molar-refractivity contribution is 0.228. The van der Waals surface area contributed by atoms with Gasteiger partial charge in [-0.1, -0.05) is 6.42 Å². The molecule has 2 rings (SSSR count). The van der Waals surface area contributed by atoms with Crippen molar-refractivity contribution < 1.29 is 4.42 Å². The maximum atomic E-state index is 5.76. The van der Waals surface area contributed by atoms with E-state index in [9.17, 15) is 0 Å². The Bertz CT molecular complexity index is 304. The van der Waals surface area contributed by atoms with E-state index < -0.39 is 0 Å². The van der Waals surface area contributed by atoms with Crippen molar-refractivity contribution in [2.75, 3.05) is 6.54 Å². The summed E-state index contributed by atoms with van der Waals surface area (Å²) in [5.41, 5.74) is 5.76. The van der Waals surface area contributed by atoms with Crippen LogP contribution in [0.3, 0.4) is 0 Å². The summed E-state index contributed by atoms with van der Waals surface area (Å²) in [4.78, 5) is 2.56. The summed E-state index contributed by atoms with van der Waals surface area (Å²) < 4.78 is 5.42. The van der Waals surface area contributed by atoms with Crippen LogP contribution in [0.25, 0.3) is 0 Å². The molecule has 1 heterocycles. The van der Waals surface area contributed by atoms with Crippen molar-refractivity contribution in [3.05, 3.63) is 24.2 Å². The summed E-state index contributed by atoms with van der Waals surface area (Å²) in [5, 5.41) is 0. The van der Waals surface area contributed by atoms with Crippen LogP contribution in [0.1, 0.15) is 44.8 Å². The summed E-state index contributed by atoms with van der Waals surface area (Å²) in [6.07, 6.45) is 8.09. The van der Waals surface area contributed by atoms with Crippen LogP contribution in [0.15, 0.2) is 22.8 Å². The molecule has 0 radical (unpaired) electrons. The molecule has 2 N–H and O–H groups in total. The van der Waals surface area contributed by atoms with Gasteiger partial charge in [-0.15, -0.1) is 0 Å². The Labute approximate surface area is 104 Å². The molecule has 1 aliphatic carbocycles. The molecule has 0 amide bonds. The SMILES string of the molecule is CC(N)CCCCN(Cc1ccco1)C1CC1. The molecule has 3 heteroatoms. The molecule has 0 bridgehead atoms. The van der Waals surface area contributed by atoms with Crippen molar-refractivity contribution in [3.8, 4) is 0 Å². The molecular weight excluding hydrogens is 212 g/mol. The fourth-order valence-electron chi connectivity index (χ4n) is 2.21. The summed E-state index contributed by atoms with van der Waals surface area (Å²) in [5.74, 6) is 1.09. The third-order valence-electron chi connectivity index (χ3n) is 3.36. The average Bonchev–Trinajstić information content (AvgIpc) is 3.01. The van der Waals surface area contributed by atoms with Gasteiger partial charge in [0.25, 0.3) is 0 Å². The second-order valence-corrected chi connectivity index (χ2v) is 5.25. The van der Waals surface area contributed by atoms with E-state index in [1.165, 1.54) is 32.2 Å². The first-order chi connectivity index (χ1) is 8.25. The molecule has 1 aromatic rings. The van der Waals surface area contributed by atoms with E-state index in [0.717, 1.165) is 24.8 Å². The van der Waals surface area contributed by atoms with E-state index in [-0.39, 0.29) is 0 Å². The van der Waals surface area contributed by atoms with E-state index >= 15 is 0 Å². The van der Waals surface area contributed by atoms with Gasteiger partial charge in [0.15, 0.2) is 0 Å². The molecule has 1 fully saturated rings. The number of unbranched alkanes of at least 4 members (excludes halogenated alkanes) is 1. The van der Waals surface area contributed by atoms with Gasteiger partial charge in [0, 0.05) is 12.1 Å². The molecule has 3 nitrogen and oxygen atoms in total. The van der Waals surface area contributed by atoms with Crippen LogP contribution in [-0.4, -0.2) is 23.5 Å². The minimum absolute atomic E-state index is 0.342. The highest BCUT2D eigenvalue weighted by Crippen LogP contribution is 2.28. The highest BCUT2D eigenvalue weighted by Gasteiger charge is 2.28. The van der Waals surface area contributed by atoms with Gasteiger partial charge >= 0.3 is 0 Å². The largest absolute Gasteiger partial charge is 0.468 e. The molecule has 1 unspecified atom stereocenters. The van der Waals surface area contributed by atoms with Gasteiger partial charge < -0.3 is 10.2 Å². The number of rotatable bonds is 8. The summed E-state index contributed by atoms with van der Waals surface area (Å²) in [6, 6.07) is 5.18. The van der Waals surface area contributed by atoms with Crippen molar-refractivity contribution in [2.45, 2.75) is 57.7 Å². The standard InChI is InChI=1S/C14H24N2O/c1-12(15)5-2-3-9-16(13-7-8-13)11-14-6-4-10-17-14/h4,6,10,12-13H,2-3,5,7-9,11,15H2,1H3. The van der Waals surface area contributed by atoms with E-state index in [1.807, 2.05) is 6.07 Å². The van der Waals surface area contributed by atoms with Gasteiger partial charge in [0.2, 0.25) is 0 Å². The van der Waals surface area contributed by atoms with Crippen molar-refractivity contribution in [1.29, 1.82) is 0 Å². The maximum Gasteiger partial charge on any atom is 0.117 e. The van der Waals surface area contributed by atoms with Gasteiger partial charge in [-0.25, -0.2) is 0 Å². The molecule has 1 aromatic heterocycles. The van der Waals surface area contributed by atoms with E-state index in [1.54, 1.807) is 6.26 Å². The fourth-order valence-corrected chi connectivity index (χ4v) is 2.21. The van der Waals surface area contributed by atoms with Crippen LogP contribution in [0.2, 0.25) is 0 Å². The average molecular weight is 236 g/mol. The Balaban J connectivity index is 1.70. The number of hydrogen-bond acceptors (Lipinski definition) is 3. The smallest absolute Gasteiger partial charge is 0.117 e. The minimum atomic E-state index is 0.342. The zero-order valence-electron chi connectivity index (χ0n) is 10.8. The van der Waals surface area contributed by atoms with Crippen molar-refractivity contribution in [3.63, 3.8) is 0 Å². The molecule has 0 aliphatic heterocycles. The third-order valence-corrected chi connectivity index (χ3v) is 3.36. The highest BCUT2D eigenvalue weighted by atomic mass is 16.3. The first-order valence-electron chi connectivity index (χ1n) is 6.77. The highest BCUT2D eigenvalue weighted by molar-refractivity contribution is 4.99. The number of nitrogens with two attached hydrogens (primary N) is 1. The molecule has 1 atom stereocenters. The second kappa shape index (κ2) is 6.22. The normalized spacial score (nSPS) is 17.6. The molecule has 0 aromatic carbocycles. The topological polar surface area (TPSA) is 42.4 Å². The van der Waals surface area contributed by atoms with Gasteiger partial charge in [0.05, 0.1) is 12.8 Å². The Kier molecular flexibility index (Phi) is 4.63. The first-order valence-corrected chi connectivity index (χ1v) is 6.77. The van der Waals surface area contributed by atoms with Gasteiger partial charge in [-0.3, -0.25) is 4.90 Å². The van der Waals surface area contributed by atoms with Crippen LogP contribution in [0.4, 0.5) is 0 Å². The zero-order valence-corrected chi connectivity index (χ0v) is 10.8. The van der Waals surface area contributed by atoms with Gasteiger partial charge in [-0.05, 0) is 51.3 Å². The van der Waals surface area contributed by atoms with E-state index in [4.69, 9.17) is 10.2 Å². The quantitative estimate of drug-likeness (QED) is 0.706. The molecule has 96 valence electrons. The molecule has 1 saturated carbocycles. The van der Waals surface area contributed by atoms with E-state index in [2.05, 4.69) is 17.9 Å². The van der Waals surface area contributed by atoms with Gasteiger partial charge in [0.1, 0.15) is 5.76 Å². The van der Waals surface area contributed by atoms with Crippen molar-refractivity contribution in [2.24, 2.45) is 5.73 Å². The van der Waals surface area contributed by atoms with Crippen LogP contribution < -0.4 is 5.73 Å². The predicted octanol–water partition coefficient (Wildman–Crippen LogP) is 2.76. The summed E-state index contributed by atoms with van der Waals surface area (Å²) >= 11 is 0. The fraction of sp³-hybridized carbons (Fsp3) is 0.714. The molecular formula is C14H24N2O. The second-order valence-electron chi connectivity index (χ2n) is 5.25. The predicted molar refractivity (Wildman–Crippen MR) is 69.6 cm³/mol. The summed E-state index contributed by atoms with van der Waals surface area (Å²) in [7, 11) is 0. The number of nitrogens with zero attached hydrogens (tertiary/aromatic N) is 1. The van der Waals surface area contributed by atoms with E-state index in [0.29, 0.717) is 6.04 Å². The molecule has 0 saturated heterocycles. The monoisotopic (exact) mass is 236 g/mol. The lowest BCUT2D eigenvalue weighted by Gasteiger charge is -2.20. The number of furan rings is 1. The van der Waals surface area contributed by atoms with Crippen LogP contribution in [0.5, 0.6) is 0 Å². The van der Waals surface area contributed by atoms with Crippen LogP contribution in [0, 0.1) is 0 Å². The lowest BCUT2D eigenvalue weighted by Crippen LogP contribution is -2.26. The minimum Gasteiger partial charge on any atom is -0.468 e. The van der Waals surface area contributed by atoms with Gasteiger partial charge in [-0.2, -0.15) is 0 Å². The molecule has 1 aliphatic rings. The summed E-state index contributed by atoms with van der Waals surface area (Å²) in [6.45, 7) is 4.23. The first kappa shape index (κ1) is 12.7. The zero-order chi connectivity index (χ0) is 12.1. The molecule has 17 heavy (non-hydrogen) atoms. The van der Waals surface area contributed by atoms with Crippen molar-refractivity contribution in [1.82, 2.24) is 4.90 Å².